The monoisotopic (exact) mass is 618 g/mol. The second-order valence-corrected chi connectivity index (χ2v) is 10.8. The standard InChI is InChI=1S/C28H29F7N4O2S/c1-39-10-7-25(27(31,32)15-39)38-20-5-2-4-17-18(14-28(33,34)35)24(42-26(17)20)6-3-8-36-22-12-19(30)21(37-9-11-40)13-23(22)41-16-29/h2,4-5,12-13,25,36-38,40H,7-11,14-16H2,1H3. The van der Waals surface area contributed by atoms with Crippen molar-refractivity contribution in [2.45, 2.75) is 31.0 Å². The maximum Gasteiger partial charge on any atom is 0.393 e. The summed E-state index contributed by atoms with van der Waals surface area (Å²) in [5.41, 5.74) is 0.278. The number of aliphatic hydroxyl groups is 1. The molecule has 1 atom stereocenters. The Labute approximate surface area is 241 Å². The second-order valence-electron chi connectivity index (χ2n) is 9.76. The molecule has 1 aromatic heterocycles. The lowest BCUT2D eigenvalue weighted by Crippen LogP contribution is -2.53. The zero-order valence-electron chi connectivity index (χ0n) is 22.5. The quantitative estimate of drug-likeness (QED) is 0.164. The first-order valence-corrected chi connectivity index (χ1v) is 13.8. The smallest absolute Gasteiger partial charge is 0.393 e. The Kier molecular flexibility index (Phi) is 9.96. The predicted molar refractivity (Wildman–Crippen MR) is 150 cm³/mol. The van der Waals surface area contributed by atoms with Gasteiger partial charge in [-0.3, -0.25) is 0 Å². The number of hydrogen-bond donors (Lipinski definition) is 4. The first-order valence-electron chi connectivity index (χ1n) is 13.0. The number of rotatable bonds is 10. The summed E-state index contributed by atoms with van der Waals surface area (Å²) in [7, 11) is 1.60. The minimum atomic E-state index is -4.55. The van der Waals surface area contributed by atoms with Gasteiger partial charge in [-0.25, -0.2) is 17.6 Å². The number of benzene rings is 2. The number of piperidine rings is 1. The molecular formula is C28H29F7N4O2S. The number of halogens is 7. The van der Waals surface area contributed by atoms with Crippen LogP contribution in [0.4, 0.5) is 47.8 Å². The van der Waals surface area contributed by atoms with E-state index in [1.807, 2.05) is 0 Å². The van der Waals surface area contributed by atoms with Crippen molar-refractivity contribution in [3.63, 3.8) is 0 Å². The van der Waals surface area contributed by atoms with E-state index in [1.165, 1.54) is 23.1 Å². The molecule has 0 bridgehead atoms. The first kappa shape index (κ1) is 31.5. The van der Waals surface area contributed by atoms with Crippen molar-refractivity contribution in [1.82, 2.24) is 4.90 Å². The number of anilines is 3. The van der Waals surface area contributed by atoms with Crippen LogP contribution >= 0.6 is 11.3 Å². The summed E-state index contributed by atoms with van der Waals surface area (Å²) >= 11 is 0.968. The van der Waals surface area contributed by atoms with Gasteiger partial charge < -0.3 is 30.7 Å². The molecule has 0 radical (unpaired) electrons. The Bertz CT molecular complexity index is 1450. The average Bonchev–Trinajstić information content (AvgIpc) is 3.25. The predicted octanol–water partition coefficient (Wildman–Crippen LogP) is 6.07. The van der Waals surface area contributed by atoms with Gasteiger partial charge in [0.15, 0.2) is 0 Å². The largest absolute Gasteiger partial charge is 0.461 e. The molecule has 4 N–H and O–H groups in total. The molecule has 1 unspecified atom stereocenters. The van der Waals surface area contributed by atoms with Gasteiger partial charge in [0.1, 0.15) is 11.6 Å². The second kappa shape index (κ2) is 13.3. The van der Waals surface area contributed by atoms with E-state index in [9.17, 15) is 30.7 Å². The lowest BCUT2D eigenvalue weighted by molar-refractivity contribution is -0.126. The summed E-state index contributed by atoms with van der Waals surface area (Å²) < 4.78 is 103. The summed E-state index contributed by atoms with van der Waals surface area (Å²) in [6, 6.07) is 5.64. The lowest BCUT2D eigenvalue weighted by Gasteiger charge is -2.37. The Morgan fingerprint density at radius 2 is 1.95 bits per heavy atom. The molecule has 6 nitrogen and oxygen atoms in total. The molecule has 228 valence electrons. The summed E-state index contributed by atoms with van der Waals surface area (Å²) in [5.74, 6) is 1.65. The Morgan fingerprint density at radius 1 is 1.17 bits per heavy atom. The molecule has 0 saturated carbocycles. The van der Waals surface area contributed by atoms with Crippen LogP contribution in [0.1, 0.15) is 16.9 Å². The molecule has 0 aliphatic carbocycles. The van der Waals surface area contributed by atoms with E-state index in [-0.39, 0.29) is 59.1 Å². The van der Waals surface area contributed by atoms with Gasteiger partial charge in [-0.15, -0.1) is 11.3 Å². The number of thiophene rings is 1. The van der Waals surface area contributed by atoms with E-state index in [2.05, 4.69) is 27.8 Å². The van der Waals surface area contributed by atoms with Crippen molar-refractivity contribution < 1.29 is 40.6 Å². The van der Waals surface area contributed by atoms with Gasteiger partial charge in [0.25, 0.3) is 5.92 Å². The molecule has 1 aliphatic rings. The minimum absolute atomic E-state index is 0.0198. The number of aliphatic hydroxyl groups excluding tert-OH is 1. The maximum absolute atomic E-state index is 14.7. The fourth-order valence-electron chi connectivity index (χ4n) is 4.70. The minimum Gasteiger partial charge on any atom is -0.461 e. The molecule has 1 saturated heterocycles. The van der Waals surface area contributed by atoms with Gasteiger partial charge in [-0.05, 0) is 30.5 Å². The number of ether oxygens (including phenoxy) is 1. The van der Waals surface area contributed by atoms with Crippen LogP contribution in [-0.4, -0.2) is 74.8 Å². The van der Waals surface area contributed by atoms with Crippen LogP contribution in [0.5, 0.6) is 5.75 Å². The lowest BCUT2D eigenvalue weighted by atomic mass is 10.0. The number of likely N-dealkylation sites (tertiary alicyclic amines) is 1. The van der Waals surface area contributed by atoms with E-state index in [0.717, 1.165) is 17.4 Å². The summed E-state index contributed by atoms with van der Waals surface area (Å²) in [5, 5.41) is 17.5. The molecule has 42 heavy (non-hydrogen) atoms. The number of nitrogens with one attached hydrogen (secondary N) is 3. The van der Waals surface area contributed by atoms with Crippen molar-refractivity contribution in [2.75, 3.05) is 62.6 Å². The first-order chi connectivity index (χ1) is 19.9. The van der Waals surface area contributed by atoms with Crippen LogP contribution < -0.4 is 20.7 Å². The molecule has 14 heteroatoms. The molecule has 1 aliphatic heterocycles. The fraction of sp³-hybridized carbons (Fsp3) is 0.429. The topological polar surface area (TPSA) is 68.8 Å². The van der Waals surface area contributed by atoms with E-state index in [0.29, 0.717) is 16.9 Å². The third-order valence-electron chi connectivity index (χ3n) is 6.59. The van der Waals surface area contributed by atoms with E-state index < -0.39 is 43.8 Å². The molecule has 0 spiro atoms. The highest BCUT2D eigenvalue weighted by atomic mass is 32.1. The van der Waals surface area contributed by atoms with Gasteiger partial charge in [0.05, 0.1) is 58.8 Å². The highest BCUT2D eigenvalue weighted by Gasteiger charge is 2.44. The van der Waals surface area contributed by atoms with E-state index >= 15 is 0 Å². The van der Waals surface area contributed by atoms with Crippen molar-refractivity contribution in [3.8, 4) is 17.6 Å². The molecule has 3 aromatic rings. The van der Waals surface area contributed by atoms with Crippen molar-refractivity contribution in [3.05, 3.63) is 46.6 Å². The van der Waals surface area contributed by atoms with Crippen molar-refractivity contribution >= 4 is 38.5 Å². The van der Waals surface area contributed by atoms with Crippen LogP contribution in [0.3, 0.4) is 0 Å². The van der Waals surface area contributed by atoms with Crippen LogP contribution in [0.25, 0.3) is 10.1 Å². The van der Waals surface area contributed by atoms with Crippen LogP contribution in [0, 0.1) is 17.7 Å². The Morgan fingerprint density at radius 3 is 2.64 bits per heavy atom. The number of nitrogens with zero attached hydrogens (tertiary/aromatic N) is 1. The molecule has 4 rings (SSSR count). The van der Waals surface area contributed by atoms with Crippen LogP contribution in [-0.2, 0) is 6.42 Å². The summed E-state index contributed by atoms with van der Waals surface area (Å²) in [4.78, 5) is 1.64. The highest BCUT2D eigenvalue weighted by molar-refractivity contribution is 7.20. The molecular weight excluding hydrogens is 589 g/mol. The van der Waals surface area contributed by atoms with Gasteiger partial charge in [-0.1, -0.05) is 24.0 Å². The Hall–Kier alpha value is -3.41. The van der Waals surface area contributed by atoms with E-state index in [1.54, 1.807) is 13.1 Å². The summed E-state index contributed by atoms with van der Waals surface area (Å²) in [6.07, 6.45) is -5.65. The molecule has 1 fully saturated rings. The SMILES string of the molecule is CN1CCC(Nc2cccc3c(CC(F)(F)F)c(C#CCNc4cc(F)c(NCCO)cc4OCF)sc23)C(F)(F)C1. The fourth-order valence-corrected chi connectivity index (χ4v) is 5.87. The van der Waals surface area contributed by atoms with Gasteiger partial charge in [-0.2, -0.15) is 13.2 Å². The Balaban J connectivity index is 1.61. The third-order valence-corrected chi connectivity index (χ3v) is 7.79. The van der Waals surface area contributed by atoms with Crippen molar-refractivity contribution in [1.29, 1.82) is 0 Å². The number of fused-ring (bicyclic) bond motifs is 1. The van der Waals surface area contributed by atoms with Crippen LogP contribution in [0.15, 0.2) is 30.3 Å². The highest BCUT2D eigenvalue weighted by Crippen LogP contribution is 2.40. The maximum atomic E-state index is 14.7. The van der Waals surface area contributed by atoms with Crippen LogP contribution in [0.2, 0.25) is 0 Å². The average molecular weight is 619 g/mol. The zero-order chi connectivity index (χ0) is 30.5. The normalized spacial score (nSPS) is 17.0. The zero-order valence-corrected chi connectivity index (χ0v) is 23.3. The number of alkyl halides is 6. The molecule has 0 amide bonds. The third kappa shape index (κ3) is 7.70. The molecule has 2 heterocycles. The van der Waals surface area contributed by atoms with E-state index in [4.69, 9.17) is 9.84 Å². The molecule has 2 aromatic carbocycles. The van der Waals surface area contributed by atoms with Gasteiger partial charge >= 0.3 is 6.18 Å². The van der Waals surface area contributed by atoms with Gasteiger partial charge in [0, 0.05) is 25.2 Å². The van der Waals surface area contributed by atoms with Gasteiger partial charge in [0.2, 0.25) is 6.86 Å². The number of hydrogen-bond acceptors (Lipinski definition) is 7. The van der Waals surface area contributed by atoms with Crippen molar-refractivity contribution in [2.24, 2.45) is 0 Å². The summed E-state index contributed by atoms with van der Waals surface area (Å²) in [6.45, 7) is -1.55.